The lowest BCUT2D eigenvalue weighted by atomic mass is 9.88. The lowest BCUT2D eigenvalue weighted by molar-refractivity contribution is 0.279. The Bertz CT molecular complexity index is 354. The zero-order chi connectivity index (χ0) is 11.5. The molecule has 0 saturated carbocycles. The van der Waals surface area contributed by atoms with Gasteiger partial charge >= 0.3 is 0 Å². The van der Waals surface area contributed by atoms with Gasteiger partial charge in [0.05, 0.1) is 6.61 Å². The second-order valence-corrected chi connectivity index (χ2v) is 4.83. The van der Waals surface area contributed by atoms with Gasteiger partial charge in [-0.05, 0) is 24.3 Å². The summed E-state index contributed by atoms with van der Waals surface area (Å²) >= 11 is 0. The van der Waals surface area contributed by atoms with E-state index >= 15 is 0 Å². The van der Waals surface area contributed by atoms with Gasteiger partial charge in [0.1, 0.15) is 5.82 Å². The van der Waals surface area contributed by atoms with Crippen LogP contribution in [0.2, 0.25) is 0 Å². The van der Waals surface area contributed by atoms with Crippen molar-refractivity contribution in [1.82, 2.24) is 4.98 Å². The van der Waals surface area contributed by atoms with Gasteiger partial charge < -0.3 is 10.0 Å². The zero-order valence-electron chi connectivity index (χ0n) is 10.1. The summed E-state index contributed by atoms with van der Waals surface area (Å²) in [5.74, 6) is 2.45. The van der Waals surface area contributed by atoms with Crippen LogP contribution in [-0.2, 0) is 6.61 Å². The van der Waals surface area contributed by atoms with Crippen molar-refractivity contribution in [1.29, 1.82) is 0 Å². The summed E-state index contributed by atoms with van der Waals surface area (Å²) in [6, 6.07) is 3.83. The maximum absolute atomic E-state index is 9.30. The number of pyridine rings is 1. The van der Waals surface area contributed by atoms with E-state index in [0.29, 0.717) is 5.92 Å². The first kappa shape index (κ1) is 11.4. The fourth-order valence-corrected chi connectivity index (χ4v) is 2.29. The number of aromatic nitrogens is 1. The highest BCUT2D eigenvalue weighted by atomic mass is 16.3. The molecule has 0 radical (unpaired) electrons. The summed E-state index contributed by atoms with van der Waals surface area (Å²) in [7, 11) is 0. The highest BCUT2D eigenvalue weighted by Gasteiger charge is 2.24. The number of piperidine rings is 1. The average molecular weight is 220 g/mol. The molecular formula is C13H20N2O. The van der Waals surface area contributed by atoms with Crippen molar-refractivity contribution >= 4 is 5.82 Å². The molecule has 0 spiro atoms. The number of aliphatic hydroxyl groups is 1. The zero-order valence-corrected chi connectivity index (χ0v) is 10.1. The Kier molecular flexibility index (Phi) is 3.44. The number of rotatable bonds is 2. The maximum atomic E-state index is 9.30. The van der Waals surface area contributed by atoms with Gasteiger partial charge in [-0.25, -0.2) is 4.98 Å². The molecule has 1 aromatic heterocycles. The molecule has 1 aliphatic heterocycles. The molecule has 2 heterocycles. The van der Waals surface area contributed by atoms with E-state index in [1.807, 2.05) is 12.1 Å². The Morgan fingerprint density at radius 3 is 2.94 bits per heavy atom. The van der Waals surface area contributed by atoms with E-state index in [1.165, 1.54) is 6.42 Å². The number of nitrogens with zero attached hydrogens (tertiary/aromatic N) is 2. The normalized spacial score (nSPS) is 25.8. The fraction of sp³-hybridized carbons (Fsp3) is 0.615. The molecule has 3 nitrogen and oxygen atoms in total. The van der Waals surface area contributed by atoms with E-state index in [9.17, 15) is 5.11 Å². The minimum absolute atomic E-state index is 0.0730. The Balaban J connectivity index is 2.18. The summed E-state index contributed by atoms with van der Waals surface area (Å²) in [4.78, 5) is 6.70. The first-order valence-electron chi connectivity index (χ1n) is 6.02. The van der Waals surface area contributed by atoms with Crippen molar-refractivity contribution in [2.24, 2.45) is 11.8 Å². The van der Waals surface area contributed by atoms with Crippen LogP contribution in [0.4, 0.5) is 5.82 Å². The highest BCUT2D eigenvalue weighted by Crippen LogP contribution is 2.27. The van der Waals surface area contributed by atoms with Gasteiger partial charge in [0.25, 0.3) is 0 Å². The maximum Gasteiger partial charge on any atom is 0.134 e. The molecule has 0 bridgehead atoms. The quantitative estimate of drug-likeness (QED) is 0.828. The summed E-state index contributed by atoms with van der Waals surface area (Å²) in [5, 5.41) is 9.30. The third-order valence-electron chi connectivity index (χ3n) is 3.67. The number of hydrogen-bond acceptors (Lipinski definition) is 3. The average Bonchev–Trinajstić information content (AvgIpc) is 2.32. The smallest absolute Gasteiger partial charge is 0.134 e. The second-order valence-electron chi connectivity index (χ2n) is 4.83. The third kappa shape index (κ3) is 2.19. The molecule has 1 aromatic rings. The standard InChI is InChI=1S/C13H20N2O/c1-10-5-7-15(8-11(10)2)13-12(9-16)4-3-6-14-13/h3-4,6,10-11,16H,5,7-9H2,1-2H3. The van der Waals surface area contributed by atoms with Gasteiger partial charge in [-0.2, -0.15) is 0 Å². The summed E-state index contributed by atoms with van der Waals surface area (Å²) in [6.45, 7) is 6.77. The van der Waals surface area contributed by atoms with Gasteiger partial charge in [0.15, 0.2) is 0 Å². The third-order valence-corrected chi connectivity index (χ3v) is 3.67. The number of anilines is 1. The Morgan fingerprint density at radius 1 is 1.44 bits per heavy atom. The summed E-state index contributed by atoms with van der Waals surface area (Å²) in [5.41, 5.74) is 0.934. The minimum atomic E-state index is 0.0730. The van der Waals surface area contributed by atoms with Crippen LogP contribution in [0.15, 0.2) is 18.3 Å². The molecule has 2 unspecified atom stereocenters. The minimum Gasteiger partial charge on any atom is -0.392 e. The largest absolute Gasteiger partial charge is 0.392 e. The summed E-state index contributed by atoms with van der Waals surface area (Å²) in [6.07, 6.45) is 3.01. The second kappa shape index (κ2) is 4.83. The molecule has 2 atom stereocenters. The number of aliphatic hydroxyl groups excluding tert-OH is 1. The van der Waals surface area contributed by atoms with E-state index in [0.717, 1.165) is 30.4 Å². The van der Waals surface area contributed by atoms with Crippen LogP contribution >= 0.6 is 0 Å². The van der Waals surface area contributed by atoms with Crippen LogP contribution in [0.1, 0.15) is 25.8 Å². The van der Waals surface area contributed by atoms with E-state index in [1.54, 1.807) is 6.20 Å². The Labute approximate surface area is 97.1 Å². The van der Waals surface area contributed by atoms with Crippen LogP contribution in [0.25, 0.3) is 0 Å². The van der Waals surface area contributed by atoms with Crippen molar-refractivity contribution in [2.45, 2.75) is 26.9 Å². The van der Waals surface area contributed by atoms with Gasteiger partial charge in [0.2, 0.25) is 0 Å². The van der Waals surface area contributed by atoms with Gasteiger partial charge in [0, 0.05) is 24.8 Å². The van der Waals surface area contributed by atoms with Crippen molar-refractivity contribution < 1.29 is 5.11 Å². The Morgan fingerprint density at radius 2 is 2.25 bits per heavy atom. The predicted octanol–water partition coefficient (Wildman–Crippen LogP) is 2.06. The van der Waals surface area contributed by atoms with E-state index in [2.05, 4.69) is 23.7 Å². The summed E-state index contributed by atoms with van der Waals surface area (Å²) < 4.78 is 0. The molecule has 1 aliphatic rings. The highest BCUT2D eigenvalue weighted by molar-refractivity contribution is 5.46. The monoisotopic (exact) mass is 220 g/mol. The SMILES string of the molecule is CC1CCN(c2ncccc2CO)CC1C. The fourth-order valence-electron chi connectivity index (χ4n) is 2.29. The van der Waals surface area contributed by atoms with Gasteiger partial charge in [-0.15, -0.1) is 0 Å². The van der Waals surface area contributed by atoms with Gasteiger partial charge in [-0.1, -0.05) is 19.9 Å². The predicted molar refractivity (Wildman–Crippen MR) is 65.3 cm³/mol. The van der Waals surface area contributed by atoms with Crippen LogP contribution in [0.3, 0.4) is 0 Å². The van der Waals surface area contributed by atoms with Crippen LogP contribution in [-0.4, -0.2) is 23.2 Å². The molecule has 3 heteroatoms. The molecule has 0 aromatic carbocycles. The van der Waals surface area contributed by atoms with Gasteiger partial charge in [-0.3, -0.25) is 0 Å². The van der Waals surface area contributed by atoms with Crippen molar-refractivity contribution in [3.8, 4) is 0 Å². The molecule has 1 N–H and O–H groups in total. The van der Waals surface area contributed by atoms with Crippen LogP contribution < -0.4 is 4.90 Å². The molecule has 2 rings (SSSR count). The Hall–Kier alpha value is -1.09. The van der Waals surface area contributed by atoms with E-state index < -0.39 is 0 Å². The molecule has 1 saturated heterocycles. The first-order valence-corrected chi connectivity index (χ1v) is 6.02. The van der Waals surface area contributed by atoms with Crippen molar-refractivity contribution in [2.75, 3.05) is 18.0 Å². The molecule has 0 aliphatic carbocycles. The van der Waals surface area contributed by atoms with Crippen LogP contribution in [0.5, 0.6) is 0 Å². The number of hydrogen-bond donors (Lipinski definition) is 1. The topological polar surface area (TPSA) is 36.4 Å². The molecule has 88 valence electrons. The molecule has 1 fully saturated rings. The van der Waals surface area contributed by atoms with Crippen molar-refractivity contribution in [3.05, 3.63) is 23.9 Å². The molecule has 16 heavy (non-hydrogen) atoms. The lowest BCUT2D eigenvalue weighted by Gasteiger charge is -2.36. The van der Waals surface area contributed by atoms with E-state index in [4.69, 9.17) is 0 Å². The molecule has 0 amide bonds. The van der Waals surface area contributed by atoms with Crippen LogP contribution in [0, 0.1) is 11.8 Å². The van der Waals surface area contributed by atoms with Crippen molar-refractivity contribution in [3.63, 3.8) is 0 Å². The lowest BCUT2D eigenvalue weighted by Crippen LogP contribution is -2.39. The molecular weight excluding hydrogens is 200 g/mol. The first-order chi connectivity index (χ1) is 7.72. The van der Waals surface area contributed by atoms with E-state index in [-0.39, 0.29) is 6.61 Å².